The van der Waals surface area contributed by atoms with E-state index in [1.807, 2.05) is 0 Å². The van der Waals surface area contributed by atoms with E-state index in [1.165, 1.54) is 24.6 Å². The number of carboxylic acids is 1. The van der Waals surface area contributed by atoms with Gasteiger partial charge in [0.1, 0.15) is 12.2 Å². The number of aryl methyl sites for hydroxylation is 1. The quantitative estimate of drug-likeness (QED) is 0.769. The smallest absolute Gasteiger partial charge is 0.323 e. The van der Waals surface area contributed by atoms with Crippen LogP contribution in [0.25, 0.3) is 0 Å². The van der Waals surface area contributed by atoms with Gasteiger partial charge in [-0.15, -0.1) is 0 Å². The summed E-state index contributed by atoms with van der Waals surface area (Å²) in [5.41, 5.74) is 0.721. The molecular weight excluding hydrogens is 224 g/mol. The van der Waals surface area contributed by atoms with Gasteiger partial charge < -0.3 is 14.6 Å². The van der Waals surface area contributed by atoms with E-state index < -0.39 is 11.9 Å². The maximum absolute atomic E-state index is 11.9. The Balaban J connectivity index is 2.96. The number of Topliss-reactive ketones (excluding diaryl/α,β-unsaturated/α-hetero) is 1. The summed E-state index contributed by atoms with van der Waals surface area (Å²) < 4.78 is 1.51. The van der Waals surface area contributed by atoms with Crippen LogP contribution in [0.5, 0.6) is 0 Å². The normalized spacial score (nSPS) is 10.1. The van der Waals surface area contributed by atoms with Crippen LogP contribution in [0.4, 0.5) is 0 Å². The molecule has 0 aliphatic carbocycles. The second-order valence-electron chi connectivity index (χ2n) is 3.84. The summed E-state index contributed by atoms with van der Waals surface area (Å²) >= 11 is 0. The van der Waals surface area contributed by atoms with Gasteiger partial charge in [0.2, 0.25) is 0 Å². The van der Waals surface area contributed by atoms with Gasteiger partial charge in [-0.3, -0.25) is 14.4 Å². The van der Waals surface area contributed by atoms with Gasteiger partial charge in [-0.1, -0.05) is 0 Å². The van der Waals surface area contributed by atoms with Crippen molar-refractivity contribution in [3.8, 4) is 0 Å². The van der Waals surface area contributed by atoms with Crippen LogP contribution in [0.2, 0.25) is 0 Å². The number of aliphatic carboxylic acids is 1. The van der Waals surface area contributed by atoms with Crippen molar-refractivity contribution in [2.24, 2.45) is 7.05 Å². The number of nitrogens with zero attached hydrogens (tertiary/aromatic N) is 2. The molecule has 0 unspecified atom stereocenters. The minimum absolute atomic E-state index is 0.138. The monoisotopic (exact) mass is 238 g/mol. The van der Waals surface area contributed by atoms with Crippen molar-refractivity contribution >= 4 is 17.7 Å². The number of ketones is 1. The number of carbonyl (C=O) groups is 3. The average Bonchev–Trinajstić information content (AvgIpc) is 2.58. The van der Waals surface area contributed by atoms with E-state index in [2.05, 4.69) is 0 Å². The Hall–Kier alpha value is -2.11. The number of carboxylic acid groups (broad SMARTS) is 1. The molecule has 6 nitrogen and oxygen atoms in total. The zero-order chi connectivity index (χ0) is 13.2. The first kappa shape index (κ1) is 13.0. The minimum atomic E-state index is -1.08. The SMILES string of the molecule is CC(=O)c1cc(C(=O)N(C)CC(=O)O)n(C)c1. The van der Waals surface area contributed by atoms with Gasteiger partial charge in [0.15, 0.2) is 5.78 Å². The third-order valence-electron chi connectivity index (χ3n) is 2.35. The Morgan fingerprint density at radius 2 is 2.00 bits per heavy atom. The minimum Gasteiger partial charge on any atom is -0.480 e. The topological polar surface area (TPSA) is 79.6 Å². The highest BCUT2D eigenvalue weighted by atomic mass is 16.4. The molecule has 0 saturated heterocycles. The molecular formula is C11H14N2O4. The Bertz CT molecular complexity index is 476. The molecule has 1 amide bonds. The zero-order valence-corrected chi connectivity index (χ0v) is 9.93. The van der Waals surface area contributed by atoms with Crippen LogP contribution in [0.1, 0.15) is 27.8 Å². The van der Waals surface area contributed by atoms with Crippen molar-refractivity contribution in [2.75, 3.05) is 13.6 Å². The van der Waals surface area contributed by atoms with Crippen molar-refractivity contribution in [1.82, 2.24) is 9.47 Å². The number of aromatic nitrogens is 1. The van der Waals surface area contributed by atoms with E-state index in [4.69, 9.17) is 5.11 Å². The predicted molar refractivity (Wildman–Crippen MR) is 60.0 cm³/mol. The van der Waals surface area contributed by atoms with Crippen LogP contribution in [-0.4, -0.2) is 45.8 Å². The van der Waals surface area contributed by atoms with Gasteiger partial charge in [0.25, 0.3) is 5.91 Å². The molecule has 0 fully saturated rings. The maximum atomic E-state index is 11.9. The Labute approximate surface area is 98.4 Å². The second-order valence-corrected chi connectivity index (χ2v) is 3.84. The Morgan fingerprint density at radius 3 is 2.41 bits per heavy atom. The molecule has 0 spiro atoms. The number of hydrogen-bond acceptors (Lipinski definition) is 3. The summed E-state index contributed by atoms with van der Waals surface area (Å²) in [4.78, 5) is 34.6. The van der Waals surface area contributed by atoms with Gasteiger partial charge in [-0.05, 0) is 13.0 Å². The van der Waals surface area contributed by atoms with E-state index in [1.54, 1.807) is 13.2 Å². The third kappa shape index (κ3) is 2.93. The van der Waals surface area contributed by atoms with Crippen molar-refractivity contribution in [3.05, 3.63) is 23.5 Å². The molecule has 17 heavy (non-hydrogen) atoms. The predicted octanol–water partition coefficient (Wildman–Crippen LogP) is 0.384. The fraction of sp³-hybridized carbons (Fsp3) is 0.364. The highest BCUT2D eigenvalue weighted by Crippen LogP contribution is 2.10. The van der Waals surface area contributed by atoms with Crippen molar-refractivity contribution in [2.45, 2.75) is 6.92 Å². The van der Waals surface area contributed by atoms with Crippen molar-refractivity contribution in [1.29, 1.82) is 0 Å². The Kier molecular flexibility index (Phi) is 3.67. The summed E-state index contributed by atoms with van der Waals surface area (Å²) in [5, 5.41) is 8.59. The lowest BCUT2D eigenvalue weighted by Crippen LogP contribution is -2.32. The second kappa shape index (κ2) is 4.82. The fourth-order valence-electron chi connectivity index (χ4n) is 1.44. The summed E-state index contributed by atoms with van der Waals surface area (Å²) in [6.45, 7) is 1.03. The molecule has 0 saturated carbocycles. The first-order valence-corrected chi connectivity index (χ1v) is 4.97. The van der Waals surface area contributed by atoms with E-state index in [0.29, 0.717) is 11.3 Å². The lowest BCUT2D eigenvalue weighted by molar-refractivity contribution is -0.137. The first-order chi connectivity index (χ1) is 7.82. The van der Waals surface area contributed by atoms with Crippen molar-refractivity contribution in [3.63, 3.8) is 0 Å². The molecule has 1 rings (SSSR count). The molecule has 0 radical (unpaired) electrons. The molecule has 0 aliphatic rings. The maximum Gasteiger partial charge on any atom is 0.323 e. The standard InChI is InChI=1S/C11H14N2O4/c1-7(14)8-4-9(12(2)5-8)11(17)13(3)6-10(15)16/h4-5H,6H2,1-3H3,(H,15,16). The summed E-state index contributed by atoms with van der Waals surface area (Å²) in [5.74, 6) is -1.65. The Morgan fingerprint density at radius 1 is 1.41 bits per heavy atom. The van der Waals surface area contributed by atoms with E-state index >= 15 is 0 Å². The van der Waals surface area contributed by atoms with Crippen LogP contribution in [0, 0.1) is 0 Å². The molecule has 0 atom stereocenters. The average molecular weight is 238 g/mol. The number of amides is 1. The highest BCUT2D eigenvalue weighted by molar-refractivity contribution is 5.99. The molecule has 0 aliphatic heterocycles. The van der Waals surface area contributed by atoms with E-state index in [9.17, 15) is 14.4 Å². The summed E-state index contributed by atoms with van der Waals surface area (Å²) in [6.07, 6.45) is 1.55. The summed E-state index contributed by atoms with van der Waals surface area (Å²) in [7, 11) is 3.03. The number of carbonyl (C=O) groups excluding carboxylic acids is 2. The lowest BCUT2D eigenvalue weighted by Gasteiger charge is -2.14. The van der Waals surface area contributed by atoms with Gasteiger partial charge >= 0.3 is 5.97 Å². The van der Waals surface area contributed by atoms with E-state index in [0.717, 1.165) is 4.90 Å². The van der Waals surface area contributed by atoms with Crippen LogP contribution < -0.4 is 0 Å². The molecule has 0 aromatic carbocycles. The molecule has 1 aromatic heterocycles. The fourth-order valence-corrected chi connectivity index (χ4v) is 1.44. The largest absolute Gasteiger partial charge is 0.480 e. The number of hydrogen-bond donors (Lipinski definition) is 1. The van der Waals surface area contributed by atoms with Gasteiger partial charge in [0.05, 0.1) is 0 Å². The van der Waals surface area contributed by atoms with Crippen LogP contribution in [0.15, 0.2) is 12.3 Å². The van der Waals surface area contributed by atoms with E-state index in [-0.39, 0.29) is 12.3 Å². The van der Waals surface area contributed by atoms with Gasteiger partial charge in [-0.25, -0.2) is 0 Å². The van der Waals surface area contributed by atoms with Crippen molar-refractivity contribution < 1.29 is 19.5 Å². The molecule has 0 bridgehead atoms. The van der Waals surface area contributed by atoms with Gasteiger partial charge in [0, 0.05) is 25.9 Å². The van der Waals surface area contributed by atoms with Gasteiger partial charge in [-0.2, -0.15) is 0 Å². The molecule has 1 aromatic rings. The highest BCUT2D eigenvalue weighted by Gasteiger charge is 2.18. The molecule has 6 heteroatoms. The zero-order valence-electron chi connectivity index (χ0n) is 9.93. The number of rotatable bonds is 4. The lowest BCUT2D eigenvalue weighted by atomic mass is 10.2. The van der Waals surface area contributed by atoms with Crippen LogP contribution >= 0.6 is 0 Å². The van der Waals surface area contributed by atoms with Crippen LogP contribution in [-0.2, 0) is 11.8 Å². The molecule has 92 valence electrons. The summed E-state index contributed by atoms with van der Waals surface area (Å²) in [6, 6.07) is 1.46. The van der Waals surface area contributed by atoms with Crippen LogP contribution in [0.3, 0.4) is 0 Å². The first-order valence-electron chi connectivity index (χ1n) is 4.97. The molecule has 1 heterocycles. The number of likely N-dealkylation sites (N-methyl/N-ethyl adjacent to an activating group) is 1. The third-order valence-corrected chi connectivity index (χ3v) is 2.35. The molecule has 1 N–H and O–H groups in total.